The number of aliphatic hydroxyl groups excluding tert-OH is 5. The Hall–Kier alpha value is -3.93. The van der Waals surface area contributed by atoms with E-state index in [4.69, 9.17) is 9.47 Å². The summed E-state index contributed by atoms with van der Waals surface area (Å²) in [5, 5.41) is 54.3. The predicted molar refractivity (Wildman–Crippen MR) is 308 cm³/mol. The first kappa shape index (κ1) is 67.1. The van der Waals surface area contributed by atoms with Crippen LogP contribution in [0.2, 0.25) is 0 Å². The molecule has 7 atom stereocenters. The van der Waals surface area contributed by atoms with Gasteiger partial charge in [-0.15, -0.1) is 0 Å². The SMILES string of the molecule is CC/C=C\C/C=C\C/C=C\C/C=C\C/C=C\C/C=C\C/C=C\C/C=C\C/C=C\C/C=C\C/C=C\CCCCCCCC(=O)NC(COC1OC(CO)C(O)C(O)C1O)C(O)/C=C/CCCCCCCCCCC. The highest BCUT2D eigenvalue weighted by Gasteiger charge is 2.44. The van der Waals surface area contributed by atoms with Gasteiger partial charge in [-0.3, -0.25) is 4.79 Å². The van der Waals surface area contributed by atoms with Gasteiger partial charge in [0, 0.05) is 6.42 Å². The van der Waals surface area contributed by atoms with Crippen LogP contribution in [-0.2, 0) is 14.3 Å². The molecular weight excluding hydrogens is 911 g/mol. The smallest absolute Gasteiger partial charge is 0.220 e. The molecule has 0 aromatic rings. The second-order valence-electron chi connectivity index (χ2n) is 19.0. The van der Waals surface area contributed by atoms with Gasteiger partial charge in [0.05, 0.1) is 25.4 Å². The molecule has 1 heterocycles. The number of ether oxygens (including phenoxy) is 2. The van der Waals surface area contributed by atoms with Crippen molar-refractivity contribution in [2.24, 2.45) is 0 Å². The fraction of sp³-hybridized carbons (Fsp3) is 0.609. The third-order valence-corrected chi connectivity index (χ3v) is 12.4. The van der Waals surface area contributed by atoms with Gasteiger partial charge < -0.3 is 40.3 Å². The Labute approximate surface area is 444 Å². The minimum atomic E-state index is -1.58. The highest BCUT2D eigenvalue weighted by atomic mass is 16.7. The van der Waals surface area contributed by atoms with E-state index in [1.165, 1.54) is 44.9 Å². The molecule has 9 heteroatoms. The van der Waals surface area contributed by atoms with E-state index in [2.05, 4.69) is 153 Å². The number of allylic oxidation sites excluding steroid dienone is 23. The number of unbranched alkanes of at least 4 members (excludes halogenated alkanes) is 14. The van der Waals surface area contributed by atoms with Gasteiger partial charge in [0.25, 0.3) is 0 Å². The average Bonchev–Trinajstić information content (AvgIpc) is 3.39. The average molecular weight is 1010 g/mol. The number of carbonyl (C=O) groups is 1. The van der Waals surface area contributed by atoms with Gasteiger partial charge in [-0.05, 0) is 103 Å². The van der Waals surface area contributed by atoms with E-state index in [0.717, 1.165) is 128 Å². The van der Waals surface area contributed by atoms with E-state index >= 15 is 0 Å². The van der Waals surface area contributed by atoms with Crippen LogP contribution in [0.1, 0.15) is 194 Å². The van der Waals surface area contributed by atoms with Crippen LogP contribution in [0.15, 0.2) is 146 Å². The summed E-state index contributed by atoms with van der Waals surface area (Å²) in [7, 11) is 0. The molecule has 7 unspecified atom stereocenters. The molecule has 0 saturated carbocycles. The Kier molecular flexibility index (Phi) is 47.4. The van der Waals surface area contributed by atoms with Crippen molar-refractivity contribution < 1.29 is 39.8 Å². The minimum Gasteiger partial charge on any atom is -0.394 e. The van der Waals surface area contributed by atoms with Crippen LogP contribution in [0.25, 0.3) is 0 Å². The Balaban J connectivity index is 2.18. The third-order valence-electron chi connectivity index (χ3n) is 12.4. The molecule has 0 aromatic heterocycles. The minimum absolute atomic E-state index is 0.204. The van der Waals surface area contributed by atoms with Crippen molar-refractivity contribution in [2.75, 3.05) is 13.2 Å². The third kappa shape index (κ3) is 41.1. The summed E-state index contributed by atoms with van der Waals surface area (Å²) in [6.07, 6.45) is 73.4. The second-order valence-corrected chi connectivity index (χ2v) is 19.0. The molecule has 9 nitrogen and oxygen atoms in total. The number of nitrogens with one attached hydrogen (secondary N) is 1. The lowest BCUT2D eigenvalue weighted by molar-refractivity contribution is -0.302. The first-order valence-corrected chi connectivity index (χ1v) is 28.6. The maximum Gasteiger partial charge on any atom is 0.220 e. The van der Waals surface area contributed by atoms with Crippen LogP contribution >= 0.6 is 0 Å². The highest BCUT2D eigenvalue weighted by molar-refractivity contribution is 5.76. The molecule has 1 rings (SSSR count). The number of amides is 1. The maximum atomic E-state index is 13.0. The number of rotatable bonds is 46. The molecule has 0 spiro atoms. The highest BCUT2D eigenvalue weighted by Crippen LogP contribution is 2.22. The summed E-state index contributed by atoms with van der Waals surface area (Å²) in [5.74, 6) is -0.204. The summed E-state index contributed by atoms with van der Waals surface area (Å²) < 4.78 is 11.2. The van der Waals surface area contributed by atoms with E-state index in [0.29, 0.717) is 6.42 Å². The van der Waals surface area contributed by atoms with E-state index in [1.807, 2.05) is 6.08 Å². The normalized spacial score (nSPS) is 20.2. The summed E-state index contributed by atoms with van der Waals surface area (Å²) in [5.41, 5.74) is 0. The molecule has 1 fully saturated rings. The van der Waals surface area contributed by atoms with E-state index < -0.39 is 49.5 Å². The summed E-state index contributed by atoms with van der Waals surface area (Å²) in [4.78, 5) is 13.0. The summed E-state index contributed by atoms with van der Waals surface area (Å²) in [6.45, 7) is 3.61. The molecule has 0 aromatic carbocycles. The van der Waals surface area contributed by atoms with Gasteiger partial charge in [-0.25, -0.2) is 0 Å². The number of hydrogen-bond acceptors (Lipinski definition) is 8. The van der Waals surface area contributed by atoms with E-state index in [1.54, 1.807) is 6.08 Å². The van der Waals surface area contributed by atoms with Gasteiger partial charge in [0.15, 0.2) is 6.29 Å². The Morgan fingerprint density at radius 2 is 0.849 bits per heavy atom. The molecule has 0 radical (unpaired) electrons. The van der Waals surface area contributed by atoms with Crippen LogP contribution in [0, 0.1) is 0 Å². The quantitative estimate of drug-likeness (QED) is 0.0261. The van der Waals surface area contributed by atoms with Crippen LogP contribution in [0.5, 0.6) is 0 Å². The molecule has 0 aliphatic carbocycles. The summed E-state index contributed by atoms with van der Waals surface area (Å²) in [6, 6.07) is -0.825. The van der Waals surface area contributed by atoms with Gasteiger partial charge in [-0.2, -0.15) is 0 Å². The van der Waals surface area contributed by atoms with Gasteiger partial charge in [0.2, 0.25) is 5.91 Å². The summed E-state index contributed by atoms with van der Waals surface area (Å²) >= 11 is 0. The van der Waals surface area contributed by atoms with Crippen LogP contribution < -0.4 is 5.32 Å². The van der Waals surface area contributed by atoms with Crippen molar-refractivity contribution in [3.63, 3.8) is 0 Å². The standard InChI is InChI=1S/C64H103NO8/c1-3-5-7-9-11-13-15-16-17-18-19-20-21-22-23-24-25-26-27-28-29-30-31-32-33-34-35-36-37-38-39-40-41-42-44-46-48-50-52-54-60(68)65-57(56-72-64-63(71)62(70)61(69)59(55-66)73-64)58(67)53-51-49-47-45-43-14-12-10-8-6-4-2/h5,7,11,13,16-17,19-20,22-23,25-26,28-29,31-32,34-35,37-38,40-41,51,53,57-59,61-64,66-67,69-71H,3-4,6,8-10,12,14-15,18,21,24,27,30,33,36,39,42-50,52,54-56H2,1-2H3,(H,65,68)/b7-5-,13-11-,17-16-,20-19-,23-22-,26-25-,29-28-,32-31-,35-34-,38-37-,41-40-,53-51+. The lowest BCUT2D eigenvalue weighted by atomic mass is 9.99. The molecule has 1 aliphatic rings. The van der Waals surface area contributed by atoms with E-state index in [9.17, 15) is 30.3 Å². The zero-order chi connectivity index (χ0) is 52.9. The molecule has 1 aliphatic heterocycles. The number of carbonyl (C=O) groups excluding carboxylic acids is 1. The Morgan fingerprint density at radius 1 is 0.479 bits per heavy atom. The topological polar surface area (TPSA) is 149 Å². The van der Waals surface area contributed by atoms with E-state index in [-0.39, 0.29) is 12.5 Å². The maximum absolute atomic E-state index is 13.0. The fourth-order valence-corrected chi connectivity index (χ4v) is 7.92. The number of hydrogen-bond donors (Lipinski definition) is 6. The first-order chi connectivity index (χ1) is 35.8. The molecular formula is C64H103NO8. The van der Waals surface area contributed by atoms with Crippen molar-refractivity contribution in [2.45, 2.75) is 236 Å². The predicted octanol–water partition coefficient (Wildman–Crippen LogP) is 14.3. The van der Waals surface area contributed by atoms with Crippen LogP contribution in [-0.4, -0.2) is 87.5 Å². The van der Waals surface area contributed by atoms with Crippen LogP contribution in [0.3, 0.4) is 0 Å². The molecule has 73 heavy (non-hydrogen) atoms. The number of aliphatic hydroxyl groups is 5. The Bertz CT molecular complexity index is 1650. The monoisotopic (exact) mass is 1010 g/mol. The molecule has 1 saturated heterocycles. The first-order valence-electron chi connectivity index (χ1n) is 28.6. The largest absolute Gasteiger partial charge is 0.394 e. The fourth-order valence-electron chi connectivity index (χ4n) is 7.92. The van der Waals surface area contributed by atoms with Crippen molar-refractivity contribution in [1.29, 1.82) is 0 Å². The molecule has 1 amide bonds. The van der Waals surface area contributed by atoms with Crippen molar-refractivity contribution in [1.82, 2.24) is 5.32 Å². The molecule has 6 N–H and O–H groups in total. The van der Waals surface area contributed by atoms with Gasteiger partial charge in [0.1, 0.15) is 24.4 Å². The van der Waals surface area contributed by atoms with Crippen LogP contribution in [0.4, 0.5) is 0 Å². The van der Waals surface area contributed by atoms with Crippen molar-refractivity contribution in [3.8, 4) is 0 Å². The second kappa shape index (κ2) is 51.6. The molecule has 0 bridgehead atoms. The van der Waals surface area contributed by atoms with Gasteiger partial charge in [-0.1, -0.05) is 230 Å². The zero-order valence-corrected chi connectivity index (χ0v) is 45.6. The van der Waals surface area contributed by atoms with Gasteiger partial charge >= 0.3 is 0 Å². The van der Waals surface area contributed by atoms with Crippen molar-refractivity contribution in [3.05, 3.63) is 146 Å². The Morgan fingerprint density at radius 3 is 1.26 bits per heavy atom. The molecule has 412 valence electrons. The lowest BCUT2D eigenvalue weighted by Gasteiger charge is -2.40. The zero-order valence-electron chi connectivity index (χ0n) is 45.6. The lowest BCUT2D eigenvalue weighted by Crippen LogP contribution is -2.60. The van der Waals surface area contributed by atoms with Crippen molar-refractivity contribution >= 4 is 5.91 Å².